The lowest BCUT2D eigenvalue weighted by atomic mass is 10.3. The summed E-state index contributed by atoms with van der Waals surface area (Å²) < 4.78 is 10.4. The maximum Gasteiger partial charge on any atom is 0.319 e. The standard InChI is InChI=1S/C20H23N7O3/c1-29-15-9-14(10-16(11-15)30-2)26-20(28)23-8-7-22-18-12-19(25-13-24-18)27-17-5-3-4-6-21-17/h3-6,9-13H,7-8H2,1-2H3,(H2,23,26,28)(H2,21,22,24,25,27). The van der Waals surface area contributed by atoms with E-state index in [-0.39, 0.29) is 6.03 Å². The van der Waals surface area contributed by atoms with Gasteiger partial charge in [-0.3, -0.25) is 0 Å². The summed E-state index contributed by atoms with van der Waals surface area (Å²) in [4.78, 5) is 24.6. The van der Waals surface area contributed by atoms with Crippen LogP contribution in [0.4, 0.5) is 27.9 Å². The molecule has 2 aromatic heterocycles. The number of amides is 2. The topological polar surface area (TPSA) is 122 Å². The molecule has 0 aliphatic heterocycles. The number of hydrogen-bond acceptors (Lipinski definition) is 8. The molecule has 156 valence electrons. The lowest BCUT2D eigenvalue weighted by Gasteiger charge is -2.11. The second kappa shape index (κ2) is 10.5. The van der Waals surface area contributed by atoms with Crippen molar-refractivity contribution in [1.29, 1.82) is 0 Å². The Morgan fingerprint density at radius 2 is 1.67 bits per heavy atom. The van der Waals surface area contributed by atoms with Crippen LogP contribution in [0.2, 0.25) is 0 Å². The van der Waals surface area contributed by atoms with Crippen molar-refractivity contribution in [2.24, 2.45) is 0 Å². The van der Waals surface area contributed by atoms with E-state index in [0.717, 1.165) is 0 Å². The highest BCUT2D eigenvalue weighted by molar-refractivity contribution is 5.89. The zero-order chi connectivity index (χ0) is 21.2. The van der Waals surface area contributed by atoms with Gasteiger partial charge in [0.25, 0.3) is 0 Å². The molecule has 0 radical (unpaired) electrons. The third-order valence-corrected chi connectivity index (χ3v) is 3.91. The van der Waals surface area contributed by atoms with Crippen LogP contribution in [0.25, 0.3) is 0 Å². The summed E-state index contributed by atoms with van der Waals surface area (Å²) in [6.07, 6.45) is 3.14. The van der Waals surface area contributed by atoms with Crippen molar-refractivity contribution >= 4 is 29.2 Å². The van der Waals surface area contributed by atoms with Crippen LogP contribution in [0.15, 0.2) is 55.0 Å². The Labute approximate surface area is 174 Å². The second-order valence-electron chi connectivity index (χ2n) is 6.04. The highest BCUT2D eigenvalue weighted by atomic mass is 16.5. The minimum absolute atomic E-state index is 0.340. The van der Waals surface area contributed by atoms with E-state index in [0.29, 0.717) is 47.7 Å². The Kier molecular flexibility index (Phi) is 7.20. The van der Waals surface area contributed by atoms with Crippen LogP contribution in [0, 0.1) is 0 Å². The maximum absolute atomic E-state index is 12.1. The first-order valence-corrected chi connectivity index (χ1v) is 9.18. The van der Waals surface area contributed by atoms with E-state index in [1.807, 2.05) is 18.2 Å². The van der Waals surface area contributed by atoms with Gasteiger partial charge < -0.3 is 30.7 Å². The lowest BCUT2D eigenvalue weighted by molar-refractivity contribution is 0.252. The summed E-state index contributed by atoms with van der Waals surface area (Å²) in [6, 6.07) is 12.1. The molecule has 0 unspecified atom stereocenters. The summed E-state index contributed by atoms with van der Waals surface area (Å²) in [5, 5.41) is 11.7. The first kappa shape index (κ1) is 20.6. The van der Waals surface area contributed by atoms with Gasteiger partial charge in [0.15, 0.2) is 0 Å². The van der Waals surface area contributed by atoms with Gasteiger partial charge in [-0.2, -0.15) is 0 Å². The Morgan fingerprint density at radius 1 is 0.900 bits per heavy atom. The van der Waals surface area contributed by atoms with Crippen molar-refractivity contribution in [2.75, 3.05) is 43.3 Å². The molecule has 0 atom stereocenters. The van der Waals surface area contributed by atoms with Gasteiger partial charge in [-0.05, 0) is 12.1 Å². The molecule has 3 rings (SSSR count). The van der Waals surface area contributed by atoms with Gasteiger partial charge in [0.2, 0.25) is 0 Å². The predicted octanol–water partition coefficient (Wildman–Crippen LogP) is 2.87. The fourth-order valence-electron chi connectivity index (χ4n) is 2.51. The Hall–Kier alpha value is -4.08. The zero-order valence-corrected chi connectivity index (χ0v) is 16.7. The Balaban J connectivity index is 1.45. The van der Waals surface area contributed by atoms with Gasteiger partial charge in [-0.1, -0.05) is 6.07 Å². The monoisotopic (exact) mass is 409 g/mol. The Bertz CT molecular complexity index is 947. The molecule has 30 heavy (non-hydrogen) atoms. The molecule has 0 saturated carbocycles. The lowest BCUT2D eigenvalue weighted by Crippen LogP contribution is -2.32. The van der Waals surface area contributed by atoms with E-state index in [9.17, 15) is 4.79 Å². The number of pyridine rings is 1. The number of urea groups is 1. The minimum atomic E-state index is -0.340. The molecule has 1 aromatic carbocycles. The molecular formula is C20H23N7O3. The summed E-state index contributed by atoms with van der Waals surface area (Å²) in [6.45, 7) is 0.870. The van der Waals surface area contributed by atoms with Crippen LogP contribution in [0.1, 0.15) is 0 Å². The average Bonchev–Trinajstić information content (AvgIpc) is 2.77. The van der Waals surface area contributed by atoms with Gasteiger partial charge in [0.1, 0.15) is 35.3 Å². The first-order valence-electron chi connectivity index (χ1n) is 9.18. The molecule has 0 aliphatic carbocycles. The molecule has 3 aromatic rings. The van der Waals surface area contributed by atoms with E-state index in [1.165, 1.54) is 6.33 Å². The number of ether oxygens (including phenoxy) is 2. The van der Waals surface area contributed by atoms with Gasteiger partial charge in [0.05, 0.1) is 14.2 Å². The summed E-state index contributed by atoms with van der Waals surface area (Å²) >= 11 is 0. The number of rotatable bonds is 9. The van der Waals surface area contributed by atoms with Crippen molar-refractivity contribution in [3.63, 3.8) is 0 Å². The van der Waals surface area contributed by atoms with E-state index in [1.54, 1.807) is 44.7 Å². The minimum Gasteiger partial charge on any atom is -0.497 e. The van der Waals surface area contributed by atoms with Crippen molar-refractivity contribution in [3.05, 3.63) is 55.0 Å². The third-order valence-electron chi connectivity index (χ3n) is 3.91. The van der Waals surface area contributed by atoms with Gasteiger partial charge >= 0.3 is 6.03 Å². The fraction of sp³-hybridized carbons (Fsp3) is 0.200. The van der Waals surface area contributed by atoms with Crippen molar-refractivity contribution in [1.82, 2.24) is 20.3 Å². The molecule has 10 heteroatoms. The highest BCUT2D eigenvalue weighted by Gasteiger charge is 2.06. The third kappa shape index (κ3) is 6.23. The Morgan fingerprint density at radius 3 is 2.37 bits per heavy atom. The number of nitrogens with zero attached hydrogens (tertiary/aromatic N) is 3. The molecule has 0 bridgehead atoms. The number of nitrogens with one attached hydrogen (secondary N) is 4. The van der Waals surface area contributed by atoms with E-state index in [2.05, 4.69) is 36.2 Å². The van der Waals surface area contributed by atoms with Crippen LogP contribution in [0.3, 0.4) is 0 Å². The van der Waals surface area contributed by atoms with E-state index >= 15 is 0 Å². The number of hydrogen-bond donors (Lipinski definition) is 4. The van der Waals surface area contributed by atoms with E-state index < -0.39 is 0 Å². The number of benzene rings is 1. The molecular weight excluding hydrogens is 386 g/mol. The maximum atomic E-state index is 12.1. The van der Waals surface area contributed by atoms with Crippen LogP contribution < -0.4 is 30.7 Å². The van der Waals surface area contributed by atoms with Gasteiger partial charge in [-0.15, -0.1) is 0 Å². The van der Waals surface area contributed by atoms with Crippen molar-refractivity contribution < 1.29 is 14.3 Å². The van der Waals surface area contributed by atoms with Crippen molar-refractivity contribution in [2.45, 2.75) is 0 Å². The quantitative estimate of drug-likeness (QED) is 0.398. The summed E-state index contributed by atoms with van der Waals surface area (Å²) in [5.74, 6) is 3.11. The van der Waals surface area contributed by atoms with Crippen LogP contribution in [-0.4, -0.2) is 48.3 Å². The van der Waals surface area contributed by atoms with E-state index in [4.69, 9.17) is 9.47 Å². The second-order valence-corrected chi connectivity index (χ2v) is 6.04. The normalized spacial score (nSPS) is 10.1. The van der Waals surface area contributed by atoms with Gasteiger partial charge in [-0.25, -0.2) is 19.7 Å². The molecule has 2 heterocycles. The molecule has 4 N–H and O–H groups in total. The molecule has 0 spiro atoms. The smallest absolute Gasteiger partial charge is 0.319 e. The molecule has 0 aliphatic rings. The molecule has 10 nitrogen and oxygen atoms in total. The van der Waals surface area contributed by atoms with Crippen molar-refractivity contribution in [3.8, 4) is 11.5 Å². The highest BCUT2D eigenvalue weighted by Crippen LogP contribution is 2.25. The number of aromatic nitrogens is 3. The molecule has 2 amide bonds. The van der Waals surface area contributed by atoms with Crippen LogP contribution in [-0.2, 0) is 0 Å². The number of carbonyl (C=O) groups excluding carboxylic acids is 1. The summed E-state index contributed by atoms with van der Waals surface area (Å²) in [7, 11) is 3.10. The fourth-order valence-corrected chi connectivity index (χ4v) is 2.51. The predicted molar refractivity (Wildman–Crippen MR) is 115 cm³/mol. The zero-order valence-electron chi connectivity index (χ0n) is 16.7. The number of methoxy groups -OCH3 is 2. The number of anilines is 4. The molecule has 0 saturated heterocycles. The molecule has 0 fully saturated rings. The largest absolute Gasteiger partial charge is 0.497 e. The van der Waals surface area contributed by atoms with Gasteiger partial charge in [0, 0.05) is 49.2 Å². The van der Waals surface area contributed by atoms with Crippen LogP contribution >= 0.6 is 0 Å². The SMILES string of the molecule is COc1cc(NC(=O)NCCNc2cc(Nc3ccccn3)ncn2)cc(OC)c1. The number of carbonyl (C=O) groups is 1. The summed E-state index contributed by atoms with van der Waals surface area (Å²) in [5.41, 5.74) is 0.567. The average molecular weight is 409 g/mol. The van der Waals surface area contributed by atoms with Crippen LogP contribution in [0.5, 0.6) is 11.5 Å². The first-order chi connectivity index (χ1) is 14.7.